The van der Waals surface area contributed by atoms with Crippen LogP contribution in [-0.4, -0.2) is 20.4 Å². The van der Waals surface area contributed by atoms with Gasteiger partial charge in [0.05, 0.1) is 12.4 Å². The molecule has 0 bridgehead atoms. The molecule has 0 aliphatic carbocycles. The van der Waals surface area contributed by atoms with Crippen LogP contribution in [0, 0.1) is 3.57 Å². The predicted octanol–water partition coefficient (Wildman–Crippen LogP) is 3.07. The second-order valence-electron chi connectivity index (χ2n) is 3.67. The van der Waals surface area contributed by atoms with Gasteiger partial charge in [-0.2, -0.15) is 10.2 Å². The maximum Gasteiger partial charge on any atom is 0.0566 e. The fourth-order valence-corrected chi connectivity index (χ4v) is 2.56. The van der Waals surface area contributed by atoms with Gasteiger partial charge in [0.25, 0.3) is 0 Å². The molecule has 3 rings (SSSR count). The van der Waals surface area contributed by atoms with Crippen molar-refractivity contribution in [2.45, 2.75) is 0 Å². The van der Waals surface area contributed by atoms with Crippen LogP contribution in [0.1, 0.15) is 0 Å². The lowest BCUT2D eigenvalue weighted by Crippen LogP contribution is -1.83. The third-order valence-electron chi connectivity index (χ3n) is 2.61. The molecular formula is C12H9IN4. The Morgan fingerprint density at radius 1 is 0.882 bits per heavy atom. The van der Waals surface area contributed by atoms with Crippen molar-refractivity contribution in [3.8, 4) is 22.3 Å². The fraction of sp³-hybridized carbons (Fsp3) is 0. The van der Waals surface area contributed by atoms with Gasteiger partial charge < -0.3 is 0 Å². The lowest BCUT2D eigenvalue weighted by atomic mass is 10.0. The van der Waals surface area contributed by atoms with Gasteiger partial charge in [0.15, 0.2) is 0 Å². The van der Waals surface area contributed by atoms with E-state index in [-0.39, 0.29) is 0 Å². The van der Waals surface area contributed by atoms with Crippen molar-refractivity contribution < 1.29 is 0 Å². The Hall–Kier alpha value is -1.63. The van der Waals surface area contributed by atoms with Crippen molar-refractivity contribution in [3.05, 3.63) is 46.6 Å². The van der Waals surface area contributed by atoms with Gasteiger partial charge >= 0.3 is 0 Å². The van der Waals surface area contributed by atoms with Gasteiger partial charge in [-0.1, -0.05) is 12.1 Å². The van der Waals surface area contributed by atoms with Gasteiger partial charge in [-0.15, -0.1) is 0 Å². The average Bonchev–Trinajstić information content (AvgIpc) is 3.02. The van der Waals surface area contributed by atoms with E-state index in [1.807, 2.05) is 24.8 Å². The number of nitrogens with one attached hydrogen (secondary N) is 2. The molecular weight excluding hydrogens is 327 g/mol. The summed E-state index contributed by atoms with van der Waals surface area (Å²) in [7, 11) is 0. The highest BCUT2D eigenvalue weighted by molar-refractivity contribution is 14.1. The van der Waals surface area contributed by atoms with Crippen LogP contribution in [0.4, 0.5) is 0 Å². The van der Waals surface area contributed by atoms with Crippen LogP contribution in [0.15, 0.2) is 43.0 Å². The van der Waals surface area contributed by atoms with E-state index in [9.17, 15) is 0 Å². The molecule has 1 aromatic carbocycles. The van der Waals surface area contributed by atoms with Crippen LogP contribution in [0.5, 0.6) is 0 Å². The molecule has 17 heavy (non-hydrogen) atoms. The monoisotopic (exact) mass is 336 g/mol. The molecule has 0 atom stereocenters. The summed E-state index contributed by atoms with van der Waals surface area (Å²) >= 11 is 2.34. The molecule has 0 saturated carbocycles. The fourth-order valence-electron chi connectivity index (χ4n) is 1.74. The van der Waals surface area contributed by atoms with Crippen LogP contribution < -0.4 is 0 Å². The molecule has 0 aliphatic rings. The van der Waals surface area contributed by atoms with Gasteiger partial charge in [0, 0.05) is 27.1 Å². The minimum absolute atomic E-state index is 1.10. The summed E-state index contributed by atoms with van der Waals surface area (Å²) in [6.45, 7) is 0. The minimum atomic E-state index is 1.10. The van der Waals surface area contributed by atoms with Crippen LogP contribution >= 0.6 is 22.6 Å². The number of rotatable bonds is 2. The van der Waals surface area contributed by atoms with E-state index in [2.05, 4.69) is 61.2 Å². The van der Waals surface area contributed by atoms with E-state index < -0.39 is 0 Å². The Morgan fingerprint density at radius 3 is 2.18 bits per heavy atom. The SMILES string of the molecule is Ic1cc(-c2cn[nH]c2)ccc1-c1cn[nH]c1. The average molecular weight is 336 g/mol. The maximum absolute atomic E-state index is 3.97. The Bertz CT molecular complexity index is 614. The van der Waals surface area contributed by atoms with E-state index in [0.717, 1.165) is 16.7 Å². The molecule has 0 saturated heterocycles. The molecule has 0 amide bonds. The standard InChI is InChI=1S/C12H9IN4/c13-12-3-8(9-4-14-15-5-9)1-2-11(12)10-6-16-17-7-10/h1-7H,(H,14,15)(H,16,17). The minimum Gasteiger partial charge on any atom is -0.285 e. The van der Waals surface area contributed by atoms with Gasteiger partial charge in [0.1, 0.15) is 0 Å². The Morgan fingerprint density at radius 2 is 1.59 bits per heavy atom. The highest BCUT2D eigenvalue weighted by Crippen LogP contribution is 2.28. The van der Waals surface area contributed by atoms with E-state index in [4.69, 9.17) is 0 Å². The molecule has 0 aliphatic heterocycles. The zero-order chi connectivity index (χ0) is 11.7. The highest BCUT2D eigenvalue weighted by Gasteiger charge is 2.06. The van der Waals surface area contributed by atoms with Crippen LogP contribution in [0.25, 0.3) is 22.3 Å². The summed E-state index contributed by atoms with van der Waals surface area (Å²) in [6, 6.07) is 6.35. The third-order valence-corrected chi connectivity index (χ3v) is 3.50. The zero-order valence-corrected chi connectivity index (χ0v) is 11.0. The number of aromatic nitrogens is 4. The normalized spacial score (nSPS) is 10.6. The van der Waals surface area contributed by atoms with Crippen LogP contribution in [-0.2, 0) is 0 Å². The van der Waals surface area contributed by atoms with Gasteiger partial charge in [-0.3, -0.25) is 10.2 Å². The van der Waals surface area contributed by atoms with Gasteiger partial charge in [-0.25, -0.2) is 0 Å². The van der Waals surface area contributed by atoms with E-state index in [1.54, 1.807) is 0 Å². The van der Waals surface area contributed by atoms with Crippen molar-refractivity contribution in [2.24, 2.45) is 0 Å². The van der Waals surface area contributed by atoms with E-state index in [0.29, 0.717) is 0 Å². The first-order chi connectivity index (χ1) is 8.34. The molecule has 2 aromatic heterocycles. The smallest absolute Gasteiger partial charge is 0.0566 e. The summed E-state index contributed by atoms with van der Waals surface area (Å²) in [6.07, 6.45) is 7.44. The van der Waals surface area contributed by atoms with Crippen LogP contribution in [0.3, 0.4) is 0 Å². The third kappa shape index (κ3) is 1.97. The molecule has 2 heterocycles. The number of H-pyrrole nitrogens is 2. The quantitative estimate of drug-likeness (QED) is 0.707. The topological polar surface area (TPSA) is 57.4 Å². The summed E-state index contributed by atoms with van der Waals surface area (Å²) in [4.78, 5) is 0. The first kappa shape index (κ1) is 10.5. The second-order valence-corrected chi connectivity index (χ2v) is 4.83. The molecule has 3 aromatic rings. The molecule has 0 spiro atoms. The van der Waals surface area contributed by atoms with Crippen molar-refractivity contribution >= 4 is 22.6 Å². The van der Waals surface area contributed by atoms with Gasteiger partial charge in [-0.05, 0) is 39.8 Å². The summed E-state index contributed by atoms with van der Waals surface area (Å²) in [5.74, 6) is 0. The predicted molar refractivity (Wildman–Crippen MR) is 74.3 cm³/mol. The number of hydrogen-bond donors (Lipinski definition) is 2. The molecule has 5 heteroatoms. The van der Waals surface area contributed by atoms with Crippen molar-refractivity contribution in [3.63, 3.8) is 0 Å². The highest BCUT2D eigenvalue weighted by atomic mass is 127. The first-order valence-electron chi connectivity index (χ1n) is 5.12. The summed E-state index contributed by atoms with van der Waals surface area (Å²) < 4.78 is 1.20. The Balaban J connectivity index is 2.06. The van der Waals surface area contributed by atoms with Gasteiger partial charge in [0.2, 0.25) is 0 Å². The molecule has 2 N–H and O–H groups in total. The lowest BCUT2D eigenvalue weighted by molar-refractivity contribution is 1.09. The Kier molecular flexibility index (Phi) is 2.68. The number of nitrogens with zero attached hydrogens (tertiary/aromatic N) is 2. The van der Waals surface area contributed by atoms with Crippen molar-refractivity contribution in [1.29, 1.82) is 0 Å². The summed E-state index contributed by atoms with van der Waals surface area (Å²) in [5.41, 5.74) is 4.55. The van der Waals surface area contributed by atoms with E-state index >= 15 is 0 Å². The van der Waals surface area contributed by atoms with Crippen molar-refractivity contribution in [2.75, 3.05) is 0 Å². The number of benzene rings is 1. The maximum atomic E-state index is 3.97. The van der Waals surface area contributed by atoms with E-state index in [1.165, 1.54) is 9.13 Å². The second kappa shape index (κ2) is 4.33. The Labute approximate surface area is 112 Å². The molecule has 84 valence electrons. The molecule has 0 unspecified atom stereocenters. The van der Waals surface area contributed by atoms with Crippen molar-refractivity contribution in [1.82, 2.24) is 20.4 Å². The first-order valence-corrected chi connectivity index (χ1v) is 6.20. The van der Waals surface area contributed by atoms with Crippen LogP contribution in [0.2, 0.25) is 0 Å². The number of halogens is 1. The lowest BCUT2D eigenvalue weighted by Gasteiger charge is -2.04. The molecule has 0 radical (unpaired) electrons. The largest absolute Gasteiger partial charge is 0.285 e. The number of hydrogen-bond acceptors (Lipinski definition) is 2. The summed E-state index contributed by atoms with van der Waals surface area (Å²) in [5, 5.41) is 13.6. The molecule has 0 fully saturated rings. The molecule has 4 nitrogen and oxygen atoms in total. The number of aromatic amines is 2. The zero-order valence-electron chi connectivity index (χ0n) is 8.81.